The lowest BCUT2D eigenvalue weighted by atomic mass is 10.2. The summed E-state index contributed by atoms with van der Waals surface area (Å²) in [7, 11) is 0. The third-order valence-corrected chi connectivity index (χ3v) is 4.09. The SMILES string of the molecule is CCc1noc(-c2cnc(-c3cccc(Oc4ccc(Br)cn4)c3)[nH]2)n1. The molecule has 0 bridgehead atoms. The van der Waals surface area contributed by atoms with Gasteiger partial charge in [-0.25, -0.2) is 9.97 Å². The van der Waals surface area contributed by atoms with Gasteiger partial charge in [-0.3, -0.25) is 0 Å². The van der Waals surface area contributed by atoms with Crippen LogP contribution in [0, 0.1) is 0 Å². The van der Waals surface area contributed by atoms with Gasteiger partial charge >= 0.3 is 0 Å². The van der Waals surface area contributed by atoms with Crippen molar-refractivity contribution in [2.24, 2.45) is 0 Å². The normalized spacial score (nSPS) is 10.8. The van der Waals surface area contributed by atoms with Crippen LogP contribution in [0.15, 0.2) is 57.8 Å². The number of hydrogen-bond acceptors (Lipinski definition) is 6. The zero-order valence-corrected chi connectivity index (χ0v) is 15.4. The summed E-state index contributed by atoms with van der Waals surface area (Å²) < 4.78 is 11.9. The van der Waals surface area contributed by atoms with Gasteiger partial charge in [0, 0.05) is 28.7 Å². The van der Waals surface area contributed by atoms with Crippen LogP contribution in [0.5, 0.6) is 11.6 Å². The van der Waals surface area contributed by atoms with Gasteiger partial charge < -0.3 is 14.2 Å². The molecule has 1 N–H and O–H groups in total. The van der Waals surface area contributed by atoms with E-state index in [0.29, 0.717) is 41.3 Å². The van der Waals surface area contributed by atoms with E-state index in [1.165, 1.54) is 0 Å². The molecule has 26 heavy (non-hydrogen) atoms. The summed E-state index contributed by atoms with van der Waals surface area (Å²) in [4.78, 5) is 16.1. The highest BCUT2D eigenvalue weighted by molar-refractivity contribution is 9.10. The van der Waals surface area contributed by atoms with Crippen molar-refractivity contribution in [3.05, 3.63) is 59.1 Å². The van der Waals surface area contributed by atoms with Crippen molar-refractivity contribution < 1.29 is 9.26 Å². The monoisotopic (exact) mass is 411 g/mol. The van der Waals surface area contributed by atoms with E-state index in [2.05, 4.69) is 41.0 Å². The van der Waals surface area contributed by atoms with Crippen molar-refractivity contribution in [3.8, 4) is 34.6 Å². The lowest BCUT2D eigenvalue weighted by molar-refractivity contribution is 0.422. The average molecular weight is 412 g/mol. The number of H-pyrrole nitrogens is 1. The maximum Gasteiger partial charge on any atom is 0.275 e. The first-order chi connectivity index (χ1) is 12.7. The second-order valence-electron chi connectivity index (χ2n) is 5.46. The summed E-state index contributed by atoms with van der Waals surface area (Å²) in [6.07, 6.45) is 4.08. The molecule has 0 aliphatic carbocycles. The van der Waals surface area contributed by atoms with Gasteiger partial charge in [-0.05, 0) is 34.1 Å². The molecule has 0 unspecified atom stereocenters. The molecule has 0 fully saturated rings. The van der Waals surface area contributed by atoms with E-state index in [9.17, 15) is 0 Å². The lowest BCUT2D eigenvalue weighted by Gasteiger charge is -2.06. The van der Waals surface area contributed by atoms with E-state index in [0.717, 1.165) is 10.0 Å². The molecule has 0 aliphatic heterocycles. The highest BCUT2D eigenvalue weighted by atomic mass is 79.9. The molecule has 4 rings (SSSR count). The fraction of sp³-hybridized carbons (Fsp3) is 0.111. The smallest absolute Gasteiger partial charge is 0.275 e. The van der Waals surface area contributed by atoms with Gasteiger partial charge in [0.25, 0.3) is 5.89 Å². The number of aryl methyl sites for hydroxylation is 1. The number of imidazole rings is 1. The quantitative estimate of drug-likeness (QED) is 0.514. The van der Waals surface area contributed by atoms with Gasteiger partial charge in [0.15, 0.2) is 5.82 Å². The first-order valence-electron chi connectivity index (χ1n) is 7.99. The number of aromatic amines is 1. The summed E-state index contributed by atoms with van der Waals surface area (Å²) >= 11 is 3.35. The number of benzene rings is 1. The number of ether oxygens (including phenoxy) is 1. The van der Waals surface area contributed by atoms with E-state index in [4.69, 9.17) is 9.26 Å². The summed E-state index contributed by atoms with van der Waals surface area (Å²) in [6, 6.07) is 11.3. The zero-order valence-electron chi connectivity index (χ0n) is 13.8. The molecule has 0 spiro atoms. The van der Waals surface area contributed by atoms with Crippen LogP contribution in [-0.2, 0) is 6.42 Å². The predicted octanol–water partition coefficient (Wildman–Crippen LogP) is 4.64. The van der Waals surface area contributed by atoms with Gasteiger partial charge in [0.2, 0.25) is 5.88 Å². The Kier molecular flexibility index (Phi) is 4.49. The molecule has 3 aromatic heterocycles. The largest absolute Gasteiger partial charge is 0.439 e. The highest BCUT2D eigenvalue weighted by Gasteiger charge is 2.12. The van der Waals surface area contributed by atoms with Crippen molar-refractivity contribution >= 4 is 15.9 Å². The third kappa shape index (κ3) is 3.50. The van der Waals surface area contributed by atoms with Crippen molar-refractivity contribution in [2.45, 2.75) is 13.3 Å². The maximum atomic E-state index is 5.79. The van der Waals surface area contributed by atoms with Crippen molar-refractivity contribution in [2.75, 3.05) is 0 Å². The third-order valence-electron chi connectivity index (χ3n) is 3.62. The van der Waals surface area contributed by atoms with Gasteiger partial charge in [-0.2, -0.15) is 4.98 Å². The van der Waals surface area contributed by atoms with Crippen molar-refractivity contribution in [1.29, 1.82) is 0 Å². The van der Waals surface area contributed by atoms with Crippen LogP contribution in [0.3, 0.4) is 0 Å². The lowest BCUT2D eigenvalue weighted by Crippen LogP contribution is -1.88. The Balaban J connectivity index is 1.57. The summed E-state index contributed by atoms with van der Waals surface area (Å²) in [6.45, 7) is 1.97. The summed E-state index contributed by atoms with van der Waals surface area (Å²) in [5.74, 6) is 2.95. The Morgan fingerprint density at radius 3 is 2.85 bits per heavy atom. The fourth-order valence-electron chi connectivity index (χ4n) is 2.33. The van der Waals surface area contributed by atoms with Crippen LogP contribution < -0.4 is 4.74 Å². The molecule has 8 heteroatoms. The van der Waals surface area contributed by atoms with Crippen LogP contribution in [0.25, 0.3) is 23.0 Å². The molecule has 3 heterocycles. The number of nitrogens with one attached hydrogen (secondary N) is 1. The second-order valence-corrected chi connectivity index (χ2v) is 6.38. The second kappa shape index (κ2) is 7.09. The molecule has 7 nitrogen and oxygen atoms in total. The fourth-order valence-corrected chi connectivity index (χ4v) is 2.57. The topological polar surface area (TPSA) is 89.7 Å². The standard InChI is InChI=1S/C18H14BrN5O2/c1-2-15-23-18(26-24-15)14-10-21-17(22-14)11-4-3-5-13(8-11)25-16-7-6-12(19)9-20-16/h3-10H,2H2,1H3,(H,21,22). The van der Waals surface area contributed by atoms with E-state index in [1.807, 2.05) is 37.3 Å². The van der Waals surface area contributed by atoms with Crippen LogP contribution in [-0.4, -0.2) is 25.1 Å². The van der Waals surface area contributed by atoms with Crippen LogP contribution in [0.4, 0.5) is 0 Å². The van der Waals surface area contributed by atoms with Crippen LogP contribution in [0.1, 0.15) is 12.7 Å². The molecule has 4 aromatic rings. The summed E-state index contributed by atoms with van der Waals surface area (Å²) in [5.41, 5.74) is 1.55. The van der Waals surface area contributed by atoms with Gasteiger partial charge in [-0.15, -0.1) is 0 Å². The maximum absolute atomic E-state index is 5.79. The molecule has 130 valence electrons. The van der Waals surface area contributed by atoms with Crippen molar-refractivity contribution in [3.63, 3.8) is 0 Å². The Bertz CT molecular complexity index is 1030. The molecule has 1 aromatic carbocycles. The average Bonchev–Trinajstić information content (AvgIpc) is 3.33. The Labute approximate surface area is 157 Å². The minimum Gasteiger partial charge on any atom is -0.439 e. The van der Waals surface area contributed by atoms with E-state index >= 15 is 0 Å². The van der Waals surface area contributed by atoms with Crippen LogP contribution in [0.2, 0.25) is 0 Å². The number of nitrogens with zero attached hydrogens (tertiary/aromatic N) is 4. The first-order valence-corrected chi connectivity index (χ1v) is 8.78. The molecular formula is C18H14BrN5O2. The number of rotatable bonds is 5. The van der Waals surface area contributed by atoms with Crippen molar-refractivity contribution in [1.82, 2.24) is 25.1 Å². The van der Waals surface area contributed by atoms with E-state index in [-0.39, 0.29) is 0 Å². The Morgan fingerprint density at radius 2 is 2.08 bits per heavy atom. The number of aromatic nitrogens is 5. The van der Waals surface area contributed by atoms with Crippen LogP contribution >= 0.6 is 15.9 Å². The van der Waals surface area contributed by atoms with Gasteiger partial charge in [0.1, 0.15) is 17.3 Å². The minimum absolute atomic E-state index is 0.423. The molecule has 0 saturated carbocycles. The molecular weight excluding hydrogens is 398 g/mol. The highest BCUT2D eigenvalue weighted by Crippen LogP contribution is 2.27. The molecule has 0 aliphatic rings. The zero-order chi connectivity index (χ0) is 17.9. The van der Waals surface area contributed by atoms with E-state index < -0.39 is 0 Å². The van der Waals surface area contributed by atoms with E-state index in [1.54, 1.807) is 18.5 Å². The Morgan fingerprint density at radius 1 is 1.15 bits per heavy atom. The molecule has 0 saturated heterocycles. The van der Waals surface area contributed by atoms with Gasteiger partial charge in [-0.1, -0.05) is 24.2 Å². The molecule has 0 atom stereocenters. The first kappa shape index (κ1) is 16.5. The number of halogens is 1. The molecule has 0 amide bonds. The minimum atomic E-state index is 0.423. The number of pyridine rings is 1. The predicted molar refractivity (Wildman–Crippen MR) is 98.7 cm³/mol. The summed E-state index contributed by atoms with van der Waals surface area (Å²) in [5, 5.41) is 3.90. The van der Waals surface area contributed by atoms with Gasteiger partial charge in [0.05, 0.1) is 6.20 Å². The Hall–Kier alpha value is -3.00. The molecule has 0 radical (unpaired) electrons. The number of hydrogen-bond donors (Lipinski definition) is 1.